The molecule has 1 amide bonds. The number of ether oxygens (including phenoxy) is 1. The van der Waals surface area contributed by atoms with Crippen LogP contribution in [-0.2, 0) is 9.59 Å². The van der Waals surface area contributed by atoms with Gasteiger partial charge < -0.3 is 15.2 Å². The number of nitrogens with one attached hydrogen (secondary N) is 1. The molecule has 0 aromatic heterocycles. The Bertz CT molecular complexity index is 417. The first-order valence-electron chi connectivity index (χ1n) is 5.26. The molecule has 0 spiro atoms. The predicted octanol–water partition coefficient (Wildman–Crippen LogP) is 1.74. The number of carboxylic acids is 1. The second kappa shape index (κ2) is 5.89. The number of benzene rings is 1. The van der Waals surface area contributed by atoms with E-state index in [4.69, 9.17) is 9.84 Å². The van der Waals surface area contributed by atoms with Crippen LogP contribution in [0.3, 0.4) is 0 Å². The second-order valence-electron chi connectivity index (χ2n) is 3.52. The standard InChI is InChI=1S/C12H15NO4/c1-3-10(12(15)16)11(14)13-8-5-4-6-9(7-8)17-2/h4-7,10H,3H2,1-2H3,(H,13,14)(H,15,16). The Morgan fingerprint density at radius 2 is 2.18 bits per heavy atom. The van der Waals surface area contributed by atoms with Gasteiger partial charge in [0.25, 0.3) is 0 Å². The zero-order valence-corrected chi connectivity index (χ0v) is 9.77. The van der Waals surface area contributed by atoms with E-state index in [2.05, 4.69) is 5.32 Å². The van der Waals surface area contributed by atoms with Crippen LogP contribution in [0, 0.1) is 5.92 Å². The molecule has 1 unspecified atom stereocenters. The third-order valence-electron chi connectivity index (χ3n) is 2.36. The van der Waals surface area contributed by atoms with Crippen molar-refractivity contribution in [2.24, 2.45) is 5.92 Å². The summed E-state index contributed by atoms with van der Waals surface area (Å²) in [6.07, 6.45) is 0.255. The molecule has 0 heterocycles. The van der Waals surface area contributed by atoms with E-state index in [-0.39, 0.29) is 6.42 Å². The topological polar surface area (TPSA) is 75.6 Å². The summed E-state index contributed by atoms with van der Waals surface area (Å²) in [7, 11) is 1.52. The van der Waals surface area contributed by atoms with E-state index in [0.717, 1.165) is 0 Å². The van der Waals surface area contributed by atoms with Gasteiger partial charge in [-0.25, -0.2) is 0 Å². The molecule has 5 heteroatoms. The number of aliphatic carboxylic acids is 1. The maximum Gasteiger partial charge on any atom is 0.316 e. The lowest BCUT2D eigenvalue weighted by Crippen LogP contribution is -2.28. The van der Waals surface area contributed by atoms with Crippen molar-refractivity contribution in [3.63, 3.8) is 0 Å². The highest BCUT2D eigenvalue weighted by Crippen LogP contribution is 2.17. The largest absolute Gasteiger partial charge is 0.497 e. The van der Waals surface area contributed by atoms with Crippen molar-refractivity contribution in [1.82, 2.24) is 0 Å². The summed E-state index contributed by atoms with van der Waals surface area (Å²) < 4.78 is 5.00. The summed E-state index contributed by atoms with van der Waals surface area (Å²) >= 11 is 0. The van der Waals surface area contributed by atoms with Gasteiger partial charge in [-0.1, -0.05) is 13.0 Å². The van der Waals surface area contributed by atoms with Crippen molar-refractivity contribution < 1.29 is 19.4 Å². The number of anilines is 1. The van der Waals surface area contributed by atoms with Crippen LogP contribution in [0.25, 0.3) is 0 Å². The van der Waals surface area contributed by atoms with Gasteiger partial charge in [0.05, 0.1) is 7.11 Å². The van der Waals surface area contributed by atoms with Crippen molar-refractivity contribution in [1.29, 1.82) is 0 Å². The van der Waals surface area contributed by atoms with Crippen LogP contribution in [0.1, 0.15) is 13.3 Å². The van der Waals surface area contributed by atoms with Crippen molar-refractivity contribution in [3.05, 3.63) is 24.3 Å². The summed E-state index contributed by atoms with van der Waals surface area (Å²) in [5.41, 5.74) is 0.522. The maximum atomic E-state index is 11.7. The number of carboxylic acid groups (broad SMARTS) is 1. The lowest BCUT2D eigenvalue weighted by atomic mass is 10.1. The van der Waals surface area contributed by atoms with E-state index in [9.17, 15) is 9.59 Å². The van der Waals surface area contributed by atoms with E-state index >= 15 is 0 Å². The normalized spacial score (nSPS) is 11.6. The van der Waals surface area contributed by atoms with Crippen molar-refractivity contribution >= 4 is 17.6 Å². The van der Waals surface area contributed by atoms with Crippen LogP contribution in [0.15, 0.2) is 24.3 Å². The zero-order chi connectivity index (χ0) is 12.8. The fourth-order valence-electron chi connectivity index (χ4n) is 1.40. The van der Waals surface area contributed by atoms with E-state index in [1.165, 1.54) is 7.11 Å². The molecule has 0 fully saturated rings. The molecule has 1 aromatic rings. The van der Waals surface area contributed by atoms with Crippen LogP contribution in [0.2, 0.25) is 0 Å². The number of methoxy groups -OCH3 is 1. The van der Waals surface area contributed by atoms with Gasteiger partial charge in [-0.15, -0.1) is 0 Å². The summed E-state index contributed by atoms with van der Waals surface area (Å²) in [6.45, 7) is 1.66. The maximum absolute atomic E-state index is 11.7. The highest BCUT2D eigenvalue weighted by molar-refractivity contribution is 6.04. The molecule has 1 rings (SSSR count). The predicted molar refractivity (Wildman–Crippen MR) is 63.0 cm³/mol. The minimum absolute atomic E-state index is 0.255. The molecule has 0 saturated heterocycles. The lowest BCUT2D eigenvalue weighted by Gasteiger charge is -2.11. The van der Waals surface area contributed by atoms with Crippen molar-refractivity contribution in [2.75, 3.05) is 12.4 Å². The second-order valence-corrected chi connectivity index (χ2v) is 3.52. The first-order chi connectivity index (χ1) is 8.08. The molecule has 0 bridgehead atoms. The number of amides is 1. The zero-order valence-electron chi connectivity index (χ0n) is 9.77. The van der Waals surface area contributed by atoms with E-state index in [0.29, 0.717) is 11.4 Å². The van der Waals surface area contributed by atoms with E-state index in [1.807, 2.05) is 0 Å². The third-order valence-corrected chi connectivity index (χ3v) is 2.36. The molecule has 0 saturated carbocycles. The molecule has 0 aliphatic carbocycles. The molecule has 0 aliphatic heterocycles. The Morgan fingerprint density at radius 3 is 2.71 bits per heavy atom. The molecule has 92 valence electrons. The number of hydrogen-bond acceptors (Lipinski definition) is 3. The molecule has 17 heavy (non-hydrogen) atoms. The van der Waals surface area contributed by atoms with Crippen LogP contribution >= 0.6 is 0 Å². The first kappa shape index (κ1) is 13.0. The van der Waals surface area contributed by atoms with Gasteiger partial charge in [0, 0.05) is 11.8 Å². The van der Waals surface area contributed by atoms with E-state index in [1.54, 1.807) is 31.2 Å². The van der Waals surface area contributed by atoms with Crippen molar-refractivity contribution in [3.8, 4) is 5.75 Å². The smallest absolute Gasteiger partial charge is 0.316 e. The van der Waals surface area contributed by atoms with Crippen molar-refractivity contribution in [2.45, 2.75) is 13.3 Å². The summed E-state index contributed by atoms with van der Waals surface area (Å²) in [4.78, 5) is 22.5. The Kier molecular flexibility index (Phi) is 4.51. The molecule has 5 nitrogen and oxygen atoms in total. The molecule has 0 radical (unpaired) electrons. The Labute approximate surface area is 99.4 Å². The van der Waals surface area contributed by atoms with Crippen LogP contribution in [-0.4, -0.2) is 24.1 Å². The van der Waals surface area contributed by atoms with Crippen LogP contribution in [0.5, 0.6) is 5.75 Å². The van der Waals surface area contributed by atoms with Gasteiger partial charge in [-0.05, 0) is 18.6 Å². The average Bonchev–Trinajstić information content (AvgIpc) is 2.29. The number of carbonyl (C=O) groups excluding carboxylic acids is 1. The third kappa shape index (κ3) is 3.48. The minimum atomic E-state index is -1.12. The quantitative estimate of drug-likeness (QED) is 0.765. The number of rotatable bonds is 5. The first-order valence-corrected chi connectivity index (χ1v) is 5.26. The Morgan fingerprint density at radius 1 is 1.47 bits per heavy atom. The molecule has 2 N–H and O–H groups in total. The molecule has 1 aromatic carbocycles. The minimum Gasteiger partial charge on any atom is -0.497 e. The van der Waals surface area contributed by atoms with Gasteiger partial charge in [0.15, 0.2) is 0 Å². The molecular formula is C12H15NO4. The summed E-state index contributed by atoms with van der Waals surface area (Å²) in [5, 5.41) is 11.4. The summed E-state index contributed by atoms with van der Waals surface area (Å²) in [6, 6.07) is 6.77. The Hall–Kier alpha value is -2.04. The fourth-order valence-corrected chi connectivity index (χ4v) is 1.40. The average molecular weight is 237 g/mol. The summed E-state index contributed by atoms with van der Waals surface area (Å²) in [5.74, 6) is -2.06. The highest BCUT2D eigenvalue weighted by atomic mass is 16.5. The fraction of sp³-hybridized carbons (Fsp3) is 0.333. The lowest BCUT2D eigenvalue weighted by molar-refractivity contribution is -0.145. The highest BCUT2D eigenvalue weighted by Gasteiger charge is 2.23. The van der Waals surface area contributed by atoms with Gasteiger partial charge in [0.2, 0.25) is 5.91 Å². The van der Waals surface area contributed by atoms with Crippen LogP contribution in [0.4, 0.5) is 5.69 Å². The van der Waals surface area contributed by atoms with Gasteiger partial charge in [-0.2, -0.15) is 0 Å². The van der Waals surface area contributed by atoms with Crippen LogP contribution < -0.4 is 10.1 Å². The van der Waals surface area contributed by atoms with E-state index < -0.39 is 17.8 Å². The monoisotopic (exact) mass is 237 g/mol. The number of carbonyl (C=O) groups is 2. The molecule has 0 aliphatic rings. The SMILES string of the molecule is CCC(C(=O)O)C(=O)Nc1cccc(OC)c1. The van der Waals surface area contributed by atoms with Gasteiger partial charge in [-0.3, -0.25) is 9.59 Å². The van der Waals surface area contributed by atoms with Gasteiger partial charge >= 0.3 is 5.97 Å². The number of hydrogen-bond donors (Lipinski definition) is 2. The molecular weight excluding hydrogens is 222 g/mol. The van der Waals surface area contributed by atoms with Gasteiger partial charge in [0.1, 0.15) is 11.7 Å². The molecule has 1 atom stereocenters. The Balaban J connectivity index is 2.76.